The molecule has 1 rings (SSSR count). The molecule has 0 aliphatic carbocycles. The number of nitrogens with one attached hydrogen (secondary N) is 1. The predicted molar refractivity (Wildman–Crippen MR) is 43.9 cm³/mol. The molecule has 74 valence electrons. The second-order valence-electron chi connectivity index (χ2n) is 2.94. The largest absolute Gasteiger partial charge is 0.469 e. The van der Waals surface area contributed by atoms with E-state index in [1.807, 2.05) is 0 Å². The molecule has 0 amide bonds. The highest BCUT2D eigenvalue weighted by atomic mass is 16.5. The van der Waals surface area contributed by atoms with Gasteiger partial charge in [-0.05, 0) is 6.42 Å². The smallest absolute Gasteiger partial charge is 0.322 e. The first kappa shape index (κ1) is 9.98. The molecule has 1 aliphatic heterocycles. The van der Waals surface area contributed by atoms with E-state index in [9.17, 15) is 9.59 Å². The SMILES string of the molecule is COC(=O)[C@@H]1CN[C@@H](C(=O)OC)C1. The lowest BCUT2D eigenvalue weighted by molar-refractivity contribution is -0.145. The van der Waals surface area contributed by atoms with E-state index in [4.69, 9.17) is 0 Å². The molecule has 1 aliphatic rings. The number of hydrogen-bond donors (Lipinski definition) is 1. The molecule has 1 N–H and O–H groups in total. The van der Waals surface area contributed by atoms with Crippen molar-refractivity contribution in [2.24, 2.45) is 5.92 Å². The van der Waals surface area contributed by atoms with Crippen LogP contribution in [0.3, 0.4) is 0 Å². The fourth-order valence-electron chi connectivity index (χ4n) is 1.40. The highest BCUT2D eigenvalue weighted by Crippen LogP contribution is 2.15. The van der Waals surface area contributed by atoms with Crippen molar-refractivity contribution >= 4 is 11.9 Å². The number of rotatable bonds is 2. The van der Waals surface area contributed by atoms with E-state index in [-0.39, 0.29) is 23.9 Å². The average molecular weight is 187 g/mol. The van der Waals surface area contributed by atoms with Crippen LogP contribution in [0.2, 0.25) is 0 Å². The Labute approximate surface area is 76.4 Å². The predicted octanol–water partition coefficient (Wildman–Crippen LogP) is -0.690. The van der Waals surface area contributed by atoms with Crippen LogP contribution in [0.1, 0.15) is 6.42 Å². The molecular formula is C8H13NO4. The summed E-state index contributed by atoms with van der Waals surface area (Å²) in [5.41, 5.74) is 0. The first-order valence-electron chi connectivity index (χ1n) is 4.08. The molecule has 0 aromatic carbocycles. The molecule has 1 fully saturated rings. The van der Waals surface area contributed by atoms with E-state index >= 15 is 0 Å². The van der Waals surface area contributed by atoms with Gasteiger partial charge in [0.1, 0.15) is 6.04 Å². The van der Waals surface area contributed by atoms with E-state index in [1.165, 1.54) is 14.2 Å². The first-order chi connectivity index (χ1) is 6.19. The number of carbonyl (C=O) groups excluding carboxylic acids is 2. The third-order valence-corrected chi connectivity index (χ3v) is 2.15. The van der Waals surface area contributed by atoms with Gasteiger partial charge < -0.3 is 14.8 Å². The van der Waals surface area contributed by atoms with Gasteiger partial charge in [0.2, 0.25) is 0 Å². The van der Waals surface area contributed by atoms with E-state index in [0.29, 0.717) is 13.0 Å². The van der Waals surface area contributed by atoms with Gasteiger partial charge in [-0.3, -0.25) is 9.59 Å². The Morgan fingerprint density at radius 3 is 2.38 bits per heavy atom. The molecule has 13 heavy (non-hydrogen) atoms. The molecule has 2 atom stereocenters. The van der Waals surface area contributed by atoms with Gasteiger partial charge in [-0.2, -0.15) is 0 Å². The van der Waals surface area contributed by atoms with Gasteiger partial charge in [-0.1, -0.05) is 0 Å². The minimum atomic E-state index is -0.367. The van der Waals surface area contributed by atoms with Crippen molar-refractivity contribution in [1.82, 2.24) is 5.32 Å². The lowest BCUT2D eigenvalue weighted by Crippen LogP contribution is -2.31. The zero-order valence-electron chi connectivity index (χ0n) is 7.70. The van der Waals surface area contributed by atoms with Crippen molar-refractivity contribution in [3.8, 4) is 0 Å². The number of carbonyl (C=O) groups is 2. The van der Waals surface area contributed by atoms with Crippen LogP contribution < -0.4 is 5.32 Å². The molecule has 1 saturated heterocycles. The van der Waals surface area contributed by atoms with Gasteiger partial charge in [-0.25, -0.2) is 0 Å². The highest BCUT2D eigenvalue weighted by molar-refractivity contribution is 5.79. The Morgan fingerprint density at radius 2 is 1.85 bits per heavy atom. The number of esters is 2. The summed E-state index contributed by atoms with van der Waals surface area (Å²) in [5, 5.41) is 2.90. The van der Waals surface area contributed by atoms with E-state index < -0.39 is 0 Å². The summed E-state index contributed by atoms with van der Waals surface area (Å²) < 4.78 is 9.11. The molecule has 0 aromatic heterocycles. The van der Waals surface area contributed by atoms with Crippen LogP contribution in [-0.4, -0.2) is 38.7 Å². The number of methoxy groups -OCH3 is 2. The Morgan fingerprint density at radius 1 is 1.23 bits per heavy atom. The summed E-state index contributed by atoms with van der Waals surface area (Å²) in [6.45, 7) is 0.479. The summed E-state index contributed by atoms with van der Waals surface area (Å²) >= 11 is 0. The van der Waals surface area contributed by atoms with Crippen LogP contribution in [0.4, 0.5) is 0 Å². The van der Waals surface area contributed by atoms with E-state index in [0.717, 1.165) is 0 Å². The maximum absolute atomic E-state index is 11.1. The minimum Gasteiger partial charge on any atom is -0.469 e. The van der Waals surface area contributed by atoms with Gasteiger partial charge in [0.05, 0.1) is 20.1 Å². The number of ether oxygens (including phenoxy) is 2. The van der Waals surface area contributed by atoms with Crippen LogP contribution in [0.25, 0.3) is 0 Å². The summed E-state index contributed by atoms with van der Waals surface area (Å²) in [6, 6.07) is -0.367. The summed E-state index contributed by atoms with van der Waals surface area (Å²) in [7, 11) is 2.67. The van der Waals surface area contributed by atoms with Crippen molar-refractivity contribution in [2.75, 3.05) is 20.8 Å². The van der Waals surface area contributed by atoms with Gasteiger partial charge in [-0.15, -0.1) is 0 Å². The van der Waals surface area contributed by atoms with Crippen LogP contribution in [-0.2, 0) is 19.1 Å². The van der Waals surface area contributed by atoms with Gasteiger partial charge in [0.15, 0.2) is 0 Å². The van der Waals surface area contributed by atoms with Crippen LogP contribution in [0, 0.1) is 5.92 Å². The van der Waals surface area contributed by atoms with Crippen molar-refractivity contribution in [3.63, 3.8) is 0 Å². The molecule has 0 unspecified atom stereocenters. The summed E-state index contributed by atoms with van der Waals surface area (Å²) in [6.07, 6.45) is 0.458. The second-order valence-corrected chi connectivity index (χ2v) is 2.94. The Bertz CT molecular complexity index is 194. The zero-order valence-corrected chi connectivity index (χ0v) is 7.70. The minimum absolute atomic E-state index is 0.228. The molecule has 0 aromatic rings. The monoisotopic (exact) mass is 187 g/mol. The second kappa shape index (κ2) is 4.23. The highest BCUT2D eigenvalue weighted by Gasteiger charge is 2.34. The molecule has 0 spiro atoms. The van der Waals surface area contributed by atoms with Crippen molar-refractivity contribution in [1.29, 1.82) is 0 Å². The van der Waals surface area contributed by atoms with Crippen molar-refractivity contribution < 1.29 is 19.1 Å². The quantitative estimate of drug-likeness (QED) is 0.580. The lowest BCUT2D eigenvalue weighted by atomic mass is 10.1. The van der Waals surface area contributed by atoms with E-state index in [2.05, 4.69) is 14.8 Å². The Balaban J connectivity index is 2.44. The molecule has 0 radical (unpaired) electrons. The molecule has 0 saturated carbocycles. The summed E-state index contributed by atoms with van der Waals surface area (Å²) in [4.78, 5) is 22.1. The van der Waals surface area contributed by atoms with Gasteiger partial charge in [0, 0.05) is 6.54 Å². The molecule has 0 bridgehead atoms. The average Bonchev–Trinajstić information content (AvgIpc) is 2.64. The zero-order chi connectivity index (χ0) is 9.84. The Kier molecular flexibility index (Phi) is 3.25. The topological polar surface area (TPSA) is 64.6 Å². The first-order valence-corrected chi connectivity index (χ1v) is 4.08. The molecule has 5 nitrogen and oxygen atoms in total. The molecular weight excluding hydrogens is 174 g/mol. The fraction of sp³-hybridized carbons (Fsp3) is 0.750. The fourth-order valence-corrected chi connectivity index (χ4v) is 1.40. The molecule has 5 heteroatoms. The van der Waals surface area contributed by atoms with Crippen molar-refractivity contribution in [3.05, 3.63) is 0 Å². The van der Waals surface area contributed by atoms with E-state index in [1.54, 1.807) is 0 Å². The molecule has 1 heterocycles. The third kappa shape index (κ3) is 2.18. The standard InChI is InChI=1S/C8H13NO4/c1-12-7(10)5-3-6(9-4-5)8(11)13-2/h5-6,9H,3-4H2,1-2H3/t5-,6+/m0/s1. The maximum atomic E-state index is 11.1. The third-order valence-electron chi connectivity index (χ3n) is 2.15. The summed E-state index contributed by atoms with van der Waals surface area (Å²) in [5.74, 6) is -0.834. The van der Waals surface area contributed by atoms with Gasteiger partial charge >= 0.3 is 11.9 Å². The Hall–Kier alpha value is -1.10. The van der Waals surface area contributed by atoms with Crippen LogP contribution in [0.5, 0.6) is 0 Å². The maximum Gasteiger partial charge on any atom is 0.322 e. The number of hydrogen-bond acceptors (Lipinski definition) is 5. The van der Waals surface area contributed by atoms with Crippen LogP contribution >= 0.6 is 0 Å². The normalized spacial score (nSPS) is 26.9. The van der Waals surface area contributed by atoms with Crippen molar-refractivity contribution in [2.45, 2.75) is 12.5 Å². The van der Waals surface area contributed by atoms with Gasteiger partial charge in [0.25, 0.3) is 0 Å². The van der Waals surface area contributed by atoms with Crippen LogP contribution in [0.15, 0.2) is 0 Å². The lowest BCUT2D eigenvalue weighted by Gasteiger charge is -2.06.